The van der Waals surface area contributed by atoms with E-state index < -0.39 is 11.7 Å². The molecule has 3 aromatic rings. The Morgan fingerprint density at radius 1 is 0.926 bits per heavy atom. The van der Waals surface area contributed by atoms with Crippen molar-refractivity contribution in [1.29, 1.82) is 0 Å². The Hall–Kier alpha value is -3.09. The van der Waals surface area contributed by atoms with Gasteiger partial charge in [-0.25, -0.2) is 4.98 Å². The summed E-state index contributed by atoms with van der Waals surface area (Å²) in [6, 6.07) is 15.1. The second-order valence-electron chi connectivity index (χ2n) is 6.35. The van der Waals surface area contributed by atoms with Crippen LogP contribution in [0.2, 0.25) is 0 Å². The summed E-state index contributed by atoms with van der Waals surface area (Å²) in [6.45, 7) is 1.44. The van der Waals surface area contributed by atoms with E-state index in [0.29, 0.717) is 18.3 Å². The number of alkyl halides is 3. The standard InChI is InChI=1S/C20H17F3N4/c21-20(22,23)16-7-3-4-8-17(16)25-18-9-11-24-19(26-18)27-12-10-14-5-1-2-6-15(14)13-27/h1-9,11H,10,12-13H2,(H,24,25,26). The zero-order chi connectivity index (χ0) is 18.9. The maximum absolute atomic E-state index is 13.2. The first-order chi connectivity index (χ1) is 13.0. The monoisotopic (exact) mass is 370 g/mol. The summed E-state index contributed by atoms with van der Waals surface area (Å²) in [6.07, 6.45) is -1.99. The maximum atomic E-state index is 13.2. The largest absolute Gasteiger partial charge is 0.418 e. The lowest BCUT2D eigenvalue weighted by molar-refractivity contribution is -0.136. The van der Waals surface area contributed by atoms with E-state index in [2.05, 4.69) is 27.4 Å². The van der Waals surface area contributed by atoms with Crippen molar-refractivity contribution < 1.29 is 13.2 Å². The molecule has 1 aliphatic heterocycles. The van der Waals surface area contributed by atoms with Crippen molar-refractivity contribution in [2.45, 2.75) is 19.1 Å². The van der Waals surface area contributed by atoms with E-state index in [0.717, 1.165) is 19.0 Å². The summed E-state index contributed by atoms with van der Waals surface area (Å²) in [5.41, 5.74) is 1.77. The van der Waals surface area contributed by atoms with Gasteiger partial charge in [-0.1, -0.05) is 36.4 Å². The van der Waals surface area contributed by atoms with Crippen molar-refractivity contribution in [3.63, 3.8) is 0 Å². The topological polar surface area (TPSA) is 41.1 Å². The molecule has 138 valence electrons. The number of halogens is 3. The van der Waals surface area contributed by atoms with Crippen molar-refractivity contribution in [3.8, 4) is 0 Å². The first kappa shape index (κ1) is 17.3. The highest BCUT2D eigenvalue weighted by atomic mass is 19.4. The van der Waals surface area contributed by atoms with Crippen LogP contribution >= 0.6 is 0 Å². The number of rotatable bonds is 3. The summed E-state index contributed by atoms with van der Waals surface area (Å²) in [7, 11) is 0. The van der Waals surface area contributed by atoms with Crippen molar-refractivity contribution >= 4 is 17.5 Å². The molecule has 4 nitrogen and oxygen atoms in total. The lowest BCUT2D eigenvalue weighted by Gasteiger charge is -2.29. The summed E-state index contributed by atoms with van der Waals surface area (Å²) in [5, 5.41) is 2.78. The lowest BCUT2D eigenvalue weighted by Crippen LogP contribution is -2.31. The first-order valence-electron chi connectivity index (χ1n) is 8.59. The average Bonchev–Trinajstić information content (AvgIpc) is 2.67. The number of benzene rings is 2. The van der Waals surface area contributed by atoms with Crippen molar-refractivity contribution in [1.82, 2.24) is 9.97 Å². The molecule has 0 aliphatic carbocycles. The zero-order valence-electron chi connectivity index (χ0n) is 14.4. The molecule has 0 radical (unpaired) electrons. The number of nitrogens with zero attached hydrogens (tertiary/aromatic N) is 3. The Balaban J connectivity index is 1.58. The van der Waals surface area contributed by atoms with Gasteiger partial charge in [-0.3, -0.25) is 0 Å². The number of hydrogen-bond donors (Lipinski definition) is 1. The fourth-order valence-corrected chi connectivity index (χ4v) is 3.21. The van der Waals surface area contributed by atoms with Gasteiger partial charge in [0.25, 0.3) is 0 Å². The van der Waals surface area contributed by atoms with Crippen LogP contribution in [-0.2, 0) is 19.1 Å². The van der Waals surface area contributed by atoms with Crippen LogP contribution in [0.4, 0.5) is 30.6 Å². The second-order valence-corrected chi connectivity index (χ2v) is 6.35. The molecule has 0 fully saturated rings. The van der Waals surface area contributed by atoms with Crippen LogP contribution in [-0.4, -0.2) is 16.5 Å². The highest BCUT2D eigenvalue weighted by molar-refractivity contribution is 5.62. The Labute approximate surface area is 154 Å². The molecule has 2 heterocycles. The Morgan fingerprint density at radius 2 is 1.67 bits per heavy atom. The van der Waals surface area contributed by atoms with E-state index in [4.69, 9.17) is 0 Å². The Morgan fingerprint density at radius 3 is 2.48 bits per heavy atom. The molecular formula is C20H17F3N4. The molecule has 1 aliphatic rings. The molecule has 1 N–H and O–H groups in total. The Bertz CT molecular complexity index is 956. The van der Waals surface area contributed by atoms with Crippen LogP contribution < -0.4 is 10.2 Å². The van der Waals surface area contributed by atoms with E-state index in [-0.39, 0.29) is 5.69 Å². The van der Waals surface area contributed by atoms with Crippen LogP contribution in [0.1, 0.15) is 16.7 Å². The maximum Gasteiger partial charge on any atom is 0.418 e. The Kier molecular flexibility index (Phi) is 4.43. The van der Waals surface area contributed by atoms with Gasteiger partial charge in [0, 0.05) is 19.3 Å². The minimum atomic E-state index is -4.43. The van der Waals surface area contributed by atoms with Crippen LogP contribution in [0, 0.1) is 0 Å². The normalized spacial score (nSPS) is 14.0. The fourth-order valence-electron chi connectivity index (χ4n) is 3.21. The number of aromatic nitrogens is 2. The molecule has 0 spiro atoms. The molecular weight excluding hydrogens is 353 g/mol. The number of nitrogens with one attached hydrogen (secondary N) is 1. The van der Waals surface area contributed by atoms with Crippen LogP contribution in [0.5, 0.6) is 0 Å². The van der Waals surface area contributed by atoms with Gasteiger partial charge in [0.2, 0.25) is 5.95 Å². The van der Waals surface area contributed by atoms with Gasteiger partial charge in [0.1, 0.15) is 5.82 Å². The minimum absolute atomic E-state index is 0.0290. The summed E-state index contributed by atoms with van der Waals surface area (Å²) < 4.78 is 39.5. The van der Waals surface area contributed by atoms with Gasteiger partial charge in [-0.2, -0.15) is 18.2 Å². The summed E-state index contributed by atoms with van der Waals surface area (Å²) in [5.74, 6) is 0.828. The first-order valence-corrected chi connectivity index (χ1v) is 8.59. The number of anilines is 3. The molecule has 27 heavy (non-hydrogen) atoms. The van der Waals surface area contributed by atoms with Crippen molar-refractivity contribution in [2.24, 2.45) is 0 Å². The average molecular weight is 370 g/mol. The molecule has 0 saturated carbocycles. The van der Waals surface area contributed by atoms with E-state index in [1.54, 1.807) is 18.3 Å². The lowest BCUT2D eigenvalue weighted by atomic mass is 10.0. The molecule has 0 amide bonds. The second kappa shape index (κ2) is 6.90. The summed E-state index contributed by atoms with van der Waals surface area (Å²) in [4.78, 5) is 10.8. The third-order valence-corrected chi connectivity index (χ3v) is 4.55. The van der Waals surface area contributed by atoms with Gasteiger partial charge >= 0.3 is 6.18 Å². The molecule has 0 saturated heterocycles. The van der Waals surface area contributed by atoms with Gasteiger partial charge in [0.05, 0.1) is 11.3 Å². The van der Waals surface area contributed by atoms with Crippen LogP contribution in [0.3, 0.4) is 0 Å². The third-order valence-electron chi connectivity index (χ3n) is 4.55. The van der Waals surface area contributed by atoms with E-state index in [9.17, 15) is 13.2 Å². The van der Waals surface area contributed by atoms with Gasteiger partial charge in [-0.05, 0) is 35.7 Å². The predicted molar refractivity (Wildman–Crippen MR) is 98.0 cm³/mol. The molecule has 7 heteroatoms. The molecule has 0 bridgehead atoms. The predicted octanol–water partition coefficient (Wildman–Crippen LogP) is 4.80. The minimum Gasteiger partial charge on any atom is -0.340 e. The molecule has 1 aromatic heterocycles. The van der Waals surface area contributed by atoms with Gasteiger partial charge in [-0.15, -0.1) is 0 Å². The van der Waals surface area contributed by atoms with Crippen LogP contribution in [0.15, 0.2) is 60.8 Å². The number of hydrogen-bond acceptors (Lipinski definition) is 4. The van der Waals surface area contributed by atoms with Crippen molar-refractivity contribution in [2.75, 3.05) is 16.8 Å². The van der Waals surface area contributed by atoms with E-state index in [1.165, 1.54) is 23.3 Å². The van der Waals surface area contributed by atoms with E-state index in [1.807, 2.05) is 17.0 Å². The van der Waals surface area contributed by atoms with E-state index >= 15 is 0 Å². The molecule has 0 atom stereocenters. The quantitative estimate of drug-likeness (QED) is 0.719. The smallest absolute Gasteiger partial charge is 0.340 e. The highest BCUT2D eigenvalue weighted by Crippen LogP contribution is 2.35. The molecule has 2 aromatic carbocycles. The number of para-hydroxylation sites is 1. The van der Waals surface area contributed by atoms with Crippen molar-refractivity contribution in [3.05, 3.63) is 77.5 Å². The zero-order valence-corrected chi connectivity index (χ0v) is 14.4. The fraction of sp³-hybridized carbons (Fsp3) is 0.200. The SMILES string of the molecule is FC(F)(F)c1ccccc1Nc1ccnc(N2CCc3ccccc3C2)n1. The van der Waals surface area contributed by atoms with Gasteiger partial charge < -0.3 is 10.2 Å². The third kappa shape index (κ3) is 3.72. The van der Waals surface area contributed by atoms with Crippen LogP contribution in [0.25, 0.3) is 0 Å². The molecule has 0 unspecified atom stereocenters. The molecule has 4 rings (SSSR count). The van der Waals surface area contributed by atoms with Gasteiger partial charge in [0.15, 0.2) is 0 Å². The number of fused-ring (bicyclic) bond motifs is 1. The summed E-state index contributed by atoms with van der Waals surface area (Å²) >= 11 is 0. The highest BCUT2D eigenvalue weighted by Gasteiger charge is 2.33.